The van der Waals surface area contributed by atoms with Gasteiger partial charge < -0.3 is 14.3 Å². The minimum Gasteiger partial charge on any atom is -0.479 e. The number of anilines is 1. The third-order valence-electron chi connectivity index (χ3n) is 8.40. The van der Waals surface area contributed by atoms with Crippen molar-refractivity contribution in [2.24, 2.45) is 0 Å². The largest absolute Gasteiger partial charge is 0.479 e. The van der Waals surface area contributed by atoms with Crippen LogP contribution in [-0.4, -0.2) is 41.4 Å². The van der Waals surface area contributed by atoms with Crippen LogP contribution in [0.15, 0.2) is 97.1 Å². The number of hydrogen-bond acceptors (Lipinski definition) is 5. The first-order chi connectivity index (χ1) is 20.5. The molecule has 0 fully saturated rings. The van der Waals surface area contributed by atoms with Crippen LogP contribution in [0.3, 0.4) is 0 Å². The molecule has 0 aliphatic carbocycles. The van der Waals surface area contributed by atoms with Gasteiger partial charge in [0.1, 0.15) is 11.4 Å². The van der Waals surface area contributed by atoms with Crippen molar-refractivity contribution in [1.82, 2.24) is 14.8 Å². The number of nitrogens with one attached hydrogen (secondary N) is 1. The van der Waals surface area contributed by atoms with Crippen molar-refractivity contribution in [3.05, 3.63) is 119 Å². The van der Waals surface area contributed by atoms with Gasteiger partial charge in [-0.1, -0.05) is 112 Å². The highest BCUT2D eigenvalue weighted by molar-refractivity contribution is 6.74. The molecule has 43 heavy (non-hydrogen) atoms. The van der Waals surface area contributed by atoms with Gasteiger partial charge >= 0.3 is 6.09 Å². The molecule has 0 radical (unpaired) electrons. The Balaban J connectivity index is 1.89. The predicted molar refractivity (Wildman–Crippen MR) is 172 cm³/mol. The summed E-state index contributed by atoms with van der Waals surface area (Å²) in [7, 11) is -0.598. The van der Waals surface area contributed by atoms with E-state index in [4.69, 9.17) is 19.2 Å². The van der Waals surface area contributed by atoms with Gasteiger partial charge in [0.15, 0.2) is 8.32 Å². The van der Waals surface area contributed by atoms with Crippen LogP contribution in [-0.2, 0) is 16.6 Å². The molecule has 0 aliphatic rings. The SMILES string of the molecule is COc1nn(C(c2ccccc2)(c2ccccc2)c2ccccc2)c2cc(NC(=O)O)nc(CO[Si](C)(C)C(C)(C)C)c12. The van der Waals surface area contributed by atoms with Crippen LogP contribution in [0.4, 0.5) is 10.6 Å². The van der Waals surface area contributed by atoms with Gasteiger partial charge in [-0.25, -0.2) is 14.5 Å². The van der Waals surface area contributed by atoms with E-state index in [0.29, 0.717) is 22.5 Å². The van der Waals surface area contributed by atoms with E-state index < -0.39 is 19.9 Å². The van der Waals surface area contributed by atoms with E-state index in [1.54, 1.807) is 13.2 Å². The average molecular weight is 595 g/mol. The number of aromatic nitrogens is 3. The number of benzene rings is 3. The van der Waals surface area contributed by atoms with Crippen LogP contribution >= 0.6 is 0 Å². The van der Waals surface area contributed by atoms with Crippen molar-refractivity contribution in [1.29, 1.82) is 0 Å². The summed E-state index contributed by atoms with van der Waals surface area (Å²) in [5.74, 6) is 0.561. The molecule has 222 valence electrons. The Bertz CT molecular complexity index is 1620. The smallest absolute Gasteiger partial charge is 0.410 e. The van der Waals surface area contributed by atoms with E-state index in [2.05, 4.69) is 75.6 Å². The maximum absolute atomic E-state index is 11.8. The monoisotopic (exact) mass is 594 g/mol. The van der Waals surface area contributed by atoms with Crippen molar-refractivity contribution in [2.45, 2.75) is 51.0 Å². The molecule has 0 spiro atoms. The van der Waals surface area contributed by atoms with Crippen LogP contribution in [0.25, 0.3) is 10.9 Å². The highest BCUT2D eigenvalue weighted by Crippen LogP contribution is 2.45. The molecule has 0 atom stereocenters. The van der Waals surface area contributed by atoms with Gasteiger partial charge in [-0.15, -0.1) is 5.10 Å². The van der Waals surface area contributed by atoms with E-state index >= 15 is 0 Å². The fourth-order valence-electron chi connectivity index (χ4n) is 5.22. The van der Waals surface area contributed by atoms with Crippen molar-refractivity contribution in [3.63, 3.8) is 0 Å². The van der Waals surface area contributed by atoms with E-state index in [1.807, 2.05) is 59.3 Å². The van der Waals surface area contributed by atoms with E-state index in [1.165, 1.54) is 0 Å². The molecule has 2 N–H and O–H groups in total. The lowest BCUT2D eigenvalue weighted by molar-refractivity contribution is 0.209. The molecule has 0 bridgehead atoms. The van der Waals surface area contributed by atoms with E-state index in [9.17, 15) is 9.90 Å². The van der Waals surface area contributed by atoms with Crippen molar-refractivity contribution < 1.29 is 19.1 Å². The first-order valence-corrected chi connectivity index (χ1v) is 17.2. The highest BCUT2D eigenvalue weighted by atomic mass is 28.4. The first-order valence-electron chi connectivity index (χ1n) is 14.3. The molecule has 5 aromatic rings. The quantitative estimate of drug-likeness (QED) is 0.133. The number of hydrogen-bond donors (Lipinski definition) is 2. The lowest BCUT2D eigenvalue weighted by atomic mass is 9.77. The molecular weight excluding hydrogens is 556 g/mol. The number of ether oxygens (including phenoxy) is 1. The number of carbonyl (C=O) groups is 1. The Morgan fingerprint density at radius 3 is 1.79 bits per heavy atom. The number of methoxy groups -OCH3 is 1. The normalized spacial score (nSPS) is 12.3. The molecule has 3 aromatic carbocycles. The first kappa shape index (κ1) is 30.0. The number of fused-ring (bicyclic) bond motifs is 1. The second-order valence-corrected chi connectivity index (χ2v) is 16.9. The number of rotatable bonds is 9. The zero-order chi connectivity index (χ0) is 30.8. The average Bonchev–Trinajstić information content (AvgIpc) is 3.36. The third kappa shape index (κ3) is 5.53. The molecule has 2 heterocycles. The molecule has 0 unspecified atom stereocenters. The summed E-state index contributed by atoms with van der Waals surface area (Å²) in [6.07, 6.45) is -1.21. The number of carboxylic acid groups (broad SMARTS) is 1. The Hall–Kier alpha value is -4.47. The molecule has 0 aliphatic heterocycles. The Morgan fingerprint density at radius 2 is 1.37 bits per heavy atom. The van der Waals surface area contributed by atoms with Gasteiger partial charge in [-0.05, 0) is 34.8 Å². The second kappa shape index (κ2) is 11.7. The van der Waals surface area contributed by atoms with Gasteiger partial charge in [-0.2, -0.15) is 0 Å². The minimum absolute atomic E-state index is 0.0274. The summed E-state index contributed by atoms with van der Waals surface area (Å²) in [6.45, 7) is 11.1. The Kier molecular flexibility index (Phi) is 8.14. The minimum atomic E-state index is -2.18. The van der Waals surface area contributed by atoms with Gasteiger partial charge in [0.25, 0.3) is 0 Å². The summed E-state index contributed by atoms with van der Waals surface area (Å²) in [5, 5.41) is 17.9. The number of amides is 1. The van der Waals surface area contributed by atoms with Crippen LogP contribution in [0.2, 0.25) is 18.1 Å². The van der Waals surface area contributed by atoms with Gasteiger partial charge in [-0.3, -0.25) is 5.32 Å². The van der Waals surface area contributed by atoms with Crippen LogP contribution in [0.5, 0.6) is 5.88 Å². The van der Waals surface area contributed by atoms with Crippen LogP contribution in [0, 0.1) is 0 Å². The molecule has 0 saturated heterocycles. The fraction of sp³-hybridized carbons (Fsp3) is 0.265. The molecular formula is C34H38N4O4Si. The van der Waals surface area contributed by atoms with Crippen LogP contribution in [0.1, 0.15) is 43.2 Å². The lowest BCUT2D eigenvalue weighted by Crippen LogP contribution is -2.40. The van der Waals surface area contributed by atoms with Crippen LogP contribution < -0.4 is 10.1 Å². The molecule has 2 aromatic heterocycles. The summed E-state index contributed by atoms with van der Waals surface area (Å²) in [4.78, 5) is 16.6. The lowest BCUT2D eigenvalue weighted by Gasteiger charge is -2.37. The maximum Gasteiger partial charge on any atom is 0.410 e. The standard InChI is InChI=1S/C34H38N4O4Si/c1-33(2,3)43(5,6)42-23-27-30-28(22-29(35-27)36-32(39)40)38(37-31(30)41-4)34(24-16-10-7-11-17-24,25-18-12-8-13-19-25)26-20-14-9-15-21-26/h7-22H,23H2,1-6H3,(H,35,36)(H,39,40). The number of pyridine rings is 1. The summed E-state index contributed by atoms with van der Waals surface area (Å²) >= 11 is 0. The molecule has 1 amide bonds. The third-order valence-corrected chi connectivity index (χ3v) is 12.9. The Morgan fingerprint density at radius 1 is 0.884 bits per heavy atom. The van der Waals surface area contributed by atoms with Gasteiger partial charge in [0.2, 0.25) is 5.88 Å². The van der Waals surface area contributed by atoms with Crippen molar-refractivity contribution in [2.75, 3.05) is 12.4 Å². The van der Waals surface area contributed by atoms with Crippen molar-refractivity contribution >= 4 is 31.1 Å². The summed E-state index contributed by atoms with van der Waals surface area (Å²) in [5.41, 5.74) is 3.19. The van der Waals surface area contributed by atoms with Gasteiger partial charge in [0, 0.05) is 6.07 Å². The second-order valence-electron chi connectivity index (χ2n) is 12.1. The topological polar surface area (TPSA) is 98.5 Å². The van der Waals surface area contributed by atoms with E-state index in [0.717, 1.165) is 16.7 Å². The fourth-order valence-corrected chi connectivity index (χ4v) is 6.16. The number of nitrogens with zero attached hydrogens (tertiary/aromatic N) is 3. The summed E-state index contributed by atoms with van der Waals surface area (Å²) < 4.78 is 14.5. The van der Waals surface area contributed by atoms with Gasteiger partial charge in [0.05, 0.1) is 30.3 Å². The van der Waals surface area contributed by atoms with E-state index in [-0.39, 0.29) is 17.5 Å². The predicted octanol–water partition coefficient (Wildman–Crippen LogP) is 7.89. The zero-order valence-electron chi connectivity index (χ0n) is 25.5. The molecule has 9 heteroatoms. The Labute approximate surface area is 253 Å². The summed E-state index contributed by atoms with van der Waals surface area (Å²) in [6, 6.07) is 32.2. The van der Waals surface area contributed by atoms with Crippen molar-refractivity contribution in [3.8, 4) is 5.88 Å². The maximum atomic E-state index is 11.8. The molecule has 0 saturated carbocycles. The molecule has 5 rings (SSSR count). The zero-order valence-corrected chi connectivity index (χ0v) is 26.5. The highest BCUT2D eigenvalue weighted by Gasteiger charge is 2.42. The molecule has 8 nitrogen and oxygen atoms in total.